The number of nitrogens with one attached hydrogen (secondary N) is 2. The van der Waals surface area contributed by atoms with E-state index in [1.165, 1.54) is 12.8 Å². The van der Waals surface area contributed by atoms with Gasteiger partial charge in [0.1, 0.15) is 5.69 Å². The van der Waals surface area contributed by atoms with Crippen LogP contribution in [-0.4, -0.2) is 23.5 Å². The van der Waals surface area contributed by atoms with E-state index in [1.54, 1.807) is 6.20 Å². The average molecular weight is 289 g/mol. The smallest absolute Gasteiger partial charge is 0.270 e. The van der Waals surface area contributed by atoms with Crippen molar-refractivity contribution >= 4 is 11.6 Å². The topological polar surface area (TPSA) is 54.0 Å². The average Bonchev–Trinajstić information content (AvgIpc) is 2.50. The minimum Gasteiger partial charge on any atom is -0.385 e. The van der Waals surface area contributed by atoms with Gasteiger partial charge in [-0.15, -0.1) is 0 Å². The lowest BCUT2D eigenvalue weighted by Crippen LogP contribution is -2.43. The molecule has 0 aliphatic heterocycles. The third-order valence-electron chi connectivity index (χ3n) is 4.60. The van der Waals surface area contributed by atoms with Gasteiger partial charge < -0.3 is 10.6 Å². The van der Waals surface area contributed by atoms with Crippen molar-refractivity contribution in [2.75, 3.05) is 11.9 Å². The molecular formula is C17H27N3O. The van der Waals surface area contributed by atoms with Gasteiger partial charge in [0, 0.05) is 24.5 Å². The van der Waals surface area contributed by atoms with Crippen LogP contribution in [0.3, 0.4) is 0 Å². The number of nitrogens with zero attached hydrogens (tertiary/aromatic N) is 1. The van der Waals surface area contributed by atoms with Crippen LogP contribution in [0.5, 0.6) is 0 Å². The van der Waals surface area contributed by atoms with Crippen molar-refractivity contribution in [1.82, 2.24) is 10.3 Å². The van der Waals surface area contributed by atoms with Crippen LogP contribution in [0.25, 0.3) is 0 Å². The first-order valence-corrected chi connectivity index (χ1v) is 8.12. The quantitative estimate of drug-likeness (QED) is 0.873. The first-order valence-electron chi connectivity index (χ1n) is 8.12. The second-order valence-corrected chi connectivity index (χ2v) is 6.20. The zero-order chi connectivity index (χ0) is 15.2. The number of hydrogen-bond acceptors (Lipinski definition) is 3. The number of carbonyl (C=O) groups excluding carboxylic acids is 1. The maximum Gasteiger partial charge on any atom is 0.270 e. The van der Waals surface area contributed by atoms with E-state index in [4.69, 9.17) is 0 Å². The Bertz CT molecular complexity index is 475. The Labute approximate surface area is 127 Å². The van der Waals surface area contributed by atoms with Crippen LogP contribution in [0.2, 0.25) is 0 Å². The molecule has 3 atom stereocenters. The Morgan fingerprint density at radius 1 is 1.38 bits per heavy atom. The highest BCUT2D eigenvalue weighted by atomic mass is 16.1. The Hall–Kier alpha value is -1.58. The molecule has 116 valence electrons. The summed E-state index contributed by atoms with van der Waals surface area (Å²) in [6.07, 6.45) is 6.29. The van der Waals surface area contributed by atoms with Crippen LogP contribution < -0.4 is 10.6 Å². The van der Waals surface area contributed by atoms with Crippen molar-refractivity contribution < 1.29 is 4.79 Å². The maximum absolute atomic E-state index is 12.4. The van der Waals surface area contributed by atoms with E-state index >= 15 is 0 Å². The highest BCUT2D eigenvalue weighted by Crippen LogP contribution is 2.29. The summed E-state index contributed by atoms with van der Waals surface area (Å²) in [5, 5.41) is 6.46. The zero-order valence-corrected chi connectivity index (χ0v) is 13.4. The predicted molar refractivity (Wildman–Crippen MR) is 86.5 cm³/mol. The van der Waals surface area contributed by atoms with Crippen LogP contribution in [0, 0.1) is 11.8 Å². The van der Waals surface area contributed by atoms with E-state index < -0.39 is 0 Å². The summed E-state index contributed by atoms with van der Waals surface area (Å²) in [4.78, 5) is 16.6. The number of pyridine rings is 1. The van der Waals surface area contributed by atoms with Crippen LogP contribution in [0.1, 0.15) is 56.9 Å². The van der Waals surface area contributed by atoms with Gasteiger partial charge in [0.2, 0.25) is 0 Å². The summed E-state index contributed by atoms with van der Waals surface area (Å²) in [7, 11) is 0. The molecule has 0 aromatic carbocycles. The molecule has 1 aromatic heterocycles. The summed E-state index contributed by atoms with van der Waals surface area (Å²) in [5.41, 5.74) is 1.46. The molecule has 0 spiro atoms. The van der Waals surface area contributed by atoms with Gasteiger partial charge in [-0.3, -0.25) is 9.78 Å². The lowest BCUT2D eigenvalue weighted by Gasteiger charge is -2.34. The van der Waals surface area contributed by atoms with Gasteiger partial charge in [0.25, 0.3) is 5.91 Å². The van der Waals surface area contributed by atoms with Crippen LogP contribution in [-0.2, 0) is 0 Å². The summed E-state index contributed by atoms with van der Waals surface area (Å²) < 4.78 is 0. The normalized spacial score (nSPS) is 25.4. The number of rotatable bonds is 5. The van der Waals surface area contributed by atoms with Gasteiger partial charge in [0.15, 0.2) is 0 Å². The largest absolute Gasteiger partial charge is 0.385 e. The molecule has 4 heteroatoms. The first-order chi connectivity index (χ1) is 10.1. The maximum atomic E-state index is 12.4. The van der Waals surface area contributed by atoms with Gasteiger partial charge in [0.05, 0.1) is 0 Å². The van der Waals surface area contributed by atoms with E-state index in [0.29, 0.717) is 17.5 Å². The fraction of sp³-hybridized carbons (Fsp3) is 0.647. The van der Waals surface area contributed by atoms with E-state index in [-0.39, 0.29) is 11.9 Å². The summed E-state index contributed by atoms with van der Waals surface area (Å²) >= 11 is 0. The van der Waals surface area contributed by atoms with Crippen LogP contribution in [0.4, 0.5) is 5.69 Å². The predicted octanol–water partition coefficient (Wildman–Crippen LogP) is 3.46. The second kappa shape index (κ2) is 7.43. The molecule has 1 aliphatic rings. The molecule has 0 radical (unpaired) electrons. The molecule has 1 saturated carbocycles. The fourth-order valence-electron chi connectivity index (χ4n) is 2.96. The molecule has 1 fully saturated rings. The standard InChI is InChI=1S/C17H27N3O/c1-4-9-18-14-8-10-19-16(11-14)17(21)20-15-7-5-6-12(2)13(15)3/h8,10-13,15H,4-7,9H2,1-3H3,(H,18,19)(H,20,21). The molecule has 1 heterocycles. The van der Waals surface area contributed by atoms with Gasteiger partial charge in [-0.05, 0) is 36.8 Å². The molecule has 1 aromatic rings. The van der Waals surface area contributed by atoms with Crippen molar-refractivity contribution in [2.45, 2.75) is 52.5 Å². The summed E-state index contributed by atoms with van der Waals surface area (Å²) in [5.74, 6) is 1.15. The second-order valence-electron chi connectivity index (χ2n) is 6.20. The van der Waals surface area contributed by atoms with Crippen LogP contribution >= 0.6 is 0 Å². The molecule has 2 rings (SSSR count). The van der Waals surface area contributed by atoms with Crippen molar-refractivity contribution in [3.63, 3.8) is 0 Å². The molecule has 0 bridgehead atoms. The van der Waals surface area contributed by atoms with Gasteiger partial charge in [-0.2, -0.15) is 0 Å². The fourth-order valence-corrected chi connectivity index (χ4v) is 2.96. The van der Waals surface area contributed by atoms with E-state index in [9.17, 15) is 4.79 Å². The molecule has 4 nitrogen and oxygen atoms in total. The van der Waals surface area contributed by atoms with Gasteiger partial charge >= 0.3 is 0 Å². The minimum atomic E-state index is -0.0545. The van der Waals surface area contributed by atoms with Crippen molar-refractivity contribution in [3.05, 3.63) is 24.0 Å². The highest BCUT2D eigenvalue weighted by molar-refractivity contribution is 5.93. The molecule has 2 N–H and O–H groups in total. The number of hydrogen-bond donors (Lipinski definition) is 2. The van der Waals surface area contributed by atoms with Crippen molar-refractivity contribution in [3.8, 4) is 0 Å². The molecular weight excluding hydrogens is 262 g/mol. The number of carbonyl (C=O) groups is 1. The number of amides is 1. The summed E-state index contributed by atoms with van der Waals surface area (Å²) in [6.45, 7) is 7.54. The van der Waals surface area contributed by atoms with E-state index in [0.717, 1.165) is 25.1 Å². The zero-order valence-electron chi connectivity index (χ0n) is 13.4. The lowest BCUT2D eigenvalue weighted by atomic mass is 9.78. The molecule has 3 unspecified atom stereocenters. The third kappa shape index (κ3) is 4.19. The molecule has 21 heavy (non-hydrogen) atoms. The molecule has 1 amide bonds. The Morgan fingerprint density at radius 3 is 2.95 bits per heavy atom. The van der Waals surface area contributed by atoms with E-state index in [2.05, 4.69) is 36.4 Å². The SMILES string of the molecule is CCCNc1ccnc(C(=O)NC2CCCC(C)C2C)c1. The Kier molecular flexibility index (Phi) is 5.59. The monoisotopic (exact) mass is 289 g/mol. The highest BCUT2D eigenvalue weighted by Gasteiger charge is 2.28. The first kappa shape index (κ1) is 15.8. The van der Waals surface area contributed by atoms with Gasteiger partial charge in [-0.1, -0.05) is 33.6 Å². The minimum absolute atomic E-state index is 0.0545. The molecule has 0 saturated heterocycles. The Morgan fingerprint density at radius 2 is 2.19 bits per heavy atom. The third-order valence-corrected chi connectivity index (χ3v) is 4.60. The number of aromatic nitrogens is 1. The van der Waals surface area contributed by atoms with Crippen molar-refractivity contribution in [2.24, 2.45) is 11.8 Å². The van der Waals surface area contributed by atoms with Crippen LogP contribution in [0.15, 0.2) is 18.3 Å². The van der Waals surface area contributed by atoms with Gasteiger partial charge in [-0.25, -0.2) is 0 Å². The van der Waals surface area contributed by atoms with Crippen molar-refractivity contribution in [1.29, 1.82) is 0 Å². The lowest BCUT2D eigenvalue weighted by molar-refractivity contribution is 0.0886. The Balaban J connectivity index is 1.99. The summed E-state index contributed by atoms with van der Waals surface area (Å²) in [6, 6.07) is 4.01. The molecule has 1 aliphatic carbocycles. The van der Waals surface area contributed by atoms with E-state index in [1.807, 2.05) is 12.1 Å². The number of anilines is 1.